The molecule has 0 radical (unpaired) electrons. The quantitative estimate of drug-likeness (QED) is 0.204. The normalized spacial score (nSPS) is 18.2. The molecule has 0 saturated heterocycles. The van der Waals surface area contributed by atoms with Crippen LogP contribution in [0.3, 0.4) is 0 Å². The van der Waals surface area contributed by atoms with Gasteiger partial charge in [-0.1, -0.05) is 63.2 Å². The van der Waals surface area contributed by atoms with Crippen LogP contribution in [0.2, 0.25) is 0 Å². The summed E-state index contributed by atoms with van der Waals surface area (Å²) in [6.45, 7) is 9.22. The number of fused-ring (bicyclic) bond motifs is 6. The van der Waals surface area contributed by atoms with Crippen LogP contribution < -0.4 is 30.1 Å². The third kappa shape index (κ3) is 3.51. The summed E-state index contributed by atoms with van der Waals surface area (Å²) in [5.41, 5.74) is 9.79. The Kier molecular flexibility index (Phi) is 4.92. The van der Waals surface area contributed by atoms with Crippen molar-refractivity contribution in [1.82, 2.24) is 0 Å². The van der Waals surface area contributed by atoms with Crippen molar-refractivity contribution < 1.29 is 9.47 Å². The highest BCUT2D eigenvalue weighted by molar-refractivity contribution is 7.33. The number of hydrogen-bond acceptors (Lipinski definition) is 4. The van der Waals surface area contributed by atoms with Gasteiger partial charge in [-0.3, -0.25) is 0 Å². The minimum Gasteiger partial charge on any atom is -0.458 e. The highest BCUT2D eigenvalue weighted by atomic mass is 32.1. The zero-order valence-electron chi connectivity index (χ0n) is 23.8. The number of hydrogen-bond donors (Lipinski definition) is 0. The third-order valence-corrected chi connectivity index (χ3v) is 10.9. The average Bonchev–Trinajstić information content (AvgIpc) is 3.34. The van der Waals surface area contributed by atoms with Crippen molar-refractivity contribution in [2.75, 3.05) is 18.0 Å². The summed E-state index contributed by atoms with van der Waals surface area (Å²) in [7, 11) is 0. The number of thiophene rings is 1. The topological polar surface area (TPSA) is 21.7 Å². The number of nitrogens with zero attached hydrogens (tertiary/aromatic N) is 1. The number of aryl methyl sites for hydroxylation is 1. The van der Waals surface area contributed by atoms with Crippen LogP contribution in [0.4, 0.5) is 5.69 Å². The van der Waals surface area contributed by atoms with Crippen molar-refractivity contribution in [2.24, 2.45) is 0 Å². The predicted octanol–water partition coefficient (Wildman–Crippen LogP) is 7.02. The van der Waals surface area contributed by atoms with Crippen LogP contribution in [0.1, 0.15) is 55.4 Å². The minimum atomic E-state index is 0.0611. The molecule has 5 aromatic rings. The molecule has 0 fully saturated rings. The smallest absolute Gasteiger partial charge is 0.273 e. The van der Waals surface area contributed by atoms with Gasteiger partial charge in [0.2, 0.25) is 0 Å². The van der Waals surface area contributed by atoms with Crippen LogP contribution in [0.5, 0.6) is 23.0 Å². The fourth-order valence-corrected chi connectivity index (χ4v) is 8.87. The summed E-state index contributed by atoms with van der Waals surface area (Å²) in [6.07, 6.45) is 3.57. The molecule has 3 nitrogen and oxygen atoms in total. The van der Waals surface area contributed by atoms with E-state index in [-0.39, 0.29) is 12.1 Å². The van der Waals surface area contributed by atoms with E-state index in [4.69, 9.17) is 9.47 Å². The van der Waals surface area contributed by atoms with E-state index < -0.39 is 0 Å². The molecular formula is C36H32BNO2S. The second-order valence-electron chi connectivity index (χ2n) is 13.2. The van der Waals surface area contributed by atoms with Crippen molar-refractivity contribution in [3.63, 3.8) is 0 Å². The van der Waals surface area contributed by atoms with Crippen molar-refractivity contribution in [1.29, 1.82) is 0 Å². The maximum atomic E-state index is 6.78. The molecule has 0 bridgehead atoms. The maximum Gasteiger partial charge on any atom is 0.273 e. The van der Waals surface area contributed by atoms with Gasteiger partial charge in [0.25, 0.3) is 6.71 Å². The van der Waals surface area contributed by atoms with Gasteiger partial charge in [0.05, 0.1) is 0 Å². The van der Waals surface area contributed by atoms with E-state index >= 15 is 0 Å². The molecule has 0 amide bonds. The van der Waals surface area contributed by atoms with E-state index in [1.165, 1.54) is 67.7 Å². The summed E-state index contributed by atoms with van der Waals surface area (Å²) >= 11 is 1.88. The first-order valence-electron chi connectivity index (χ1n) is 15.0. The van der Waals surface area contributed by atoms with E-state index in [2.05, 4.69) is 98.5 Å². The lowest BCUT2D eigenvalue weighted by Gasteiger charge is -2.40. The third-order valence-electron chi connectivity index (χ3n) is 9.66. The molecular weight excluding hydrogens is 521 g/mol. The lowest BCUT2D eigenvalue weighted by atomic mass is 9.37. The average molecular weight is 554 g/mol. The molecule has 41 heavy (non-hydrogen) atoms. The molecule has 5 heterocycles. The monoisotopic (exact) mass is 553 g/mol. The Morgan fingerprint density at radius 2 is 1.71 bits per heavy atom. The molecule has 5 heteroatoms. The van der Waals surface area contributed by atoms with Gasteiger partial charge >= 0.3 is 0 Å². The van der Waals surface area contributed by atoms with Crippen molar-refractivity contribution in [2.45, 2.75) is 51.4 Å². The first kappa shape index (κ1) is 24.0. The zero-order chi connectivity index (χ0) is 27.5. The number of anilines is 1. The first-order chi connectivity index (χ1) is 19.9. The van der Waals surface area contributed by atoms with E-state index in [0.29, 0.717) is 5.92 Å². The van der Waals surface area contributed by atoms with Gasteiger partial charge in [-0.15, -0.1) is 11.3 Å². The van der Waals surface area contributed by atoms with Gasteiger partial charge in [-0.05, 0) is 82.7 Å². The number of rotatable bonds is 1. The van der Waals surface area contributed by atoms with Crippen LogP contribution in [0, 0.1) is 0 Å². The fraction of sp³-hybridized carbons (Fsp3) is 0.278. The van der Waals surface area contributed by atoms with Crippen molar-refractivity contribution in [3.8, 4) is 23.0 Å². The highest BCUT2D eigenvalue weighted by Gasteiger charge is 2.42. The Labute approximate surface area is 245 Å². The zero-order valence-corrected chi connectivity index (χ0v) is 24.6. The number of ether oxygens (including phenoxy) is 2. The molecule has 4 aliphatic heterocycles. The second kappa shape index (κ2) is 8.42. The lowest BCUT2D eigenvalue weighted by Crippen LogP contribution is -2.56. The van der Waals surface area contributed by atoms with Crippen molar-refractivity contribution >= 4 is 49.5 Å². The summed E-state index contributed by atoms with van der Waals surface area (Å²) in [5.74, 6) is 4.31. The van der Waals surface area contributed by atoms with Crippen LogP contribution in [0.15, 0.2) is 72.8 Å². The molecule has 1 atom stereocenters. The fourth-order valence-electron chi connectivity index (χ4n) is 7.63. The molecule has 0 spiro atoms. The van der Waals surface area contributed by atoms with Crippen LogP contribution in [-0.2, 0) is 18.3 Å². The van der Waals surface area contributed by atoms with E-state index in [0.717, 1.165) is 41.4 Å². The molecule has 1 unspecified atom stereocenters. The van der Waals surface area contributed by atoms with Crippen LogP contribution >= 0.6 is 11.3 Å². The van der Waals surface area contributed by atoms with E-state index in [9.17, 15) is 0 Å². The largest absolute Gasteiger partial charge is 0.458 e. The maximum absolute atomic E-state index is 6.78. The Morgan fingerprint density at radius 3 is 2.59 bits per heavy atom. The van der Waals surface area contributed by atoms with E-state index in [1.807, 2.05) is 11.3 Å². The number of para-hydroxylation sites is 1. The van der Waals surface area contributed by atoms with E-state index in [1.54, 1.807) is 0 Å². The summed E-state index contributed by atoms with van der Waals surface area (Å²) in [6, 6.07) is 27.1. The Balaban J connectivity index is 1.18. The summed E-state index contributed by atoms with van der Waals surface area (Å²) in [5, 5.41) is 1.25. The summed E-state index contributed by atoms with van der Waals surface area (Å²) < 4.78 is 15.8. The van der Waals surface area contributed by atoms with Gasteiger partial charge in [0.15, 0.2) is 0 Å². The Bertz CT molecular complexity index is 1900. The molecule has 4 aliphatic rings. The van der Waals surface area contributed by atoms with Gasteiger partial charge < -0.3 is 14.4 Å². The standard InChI is InChI=1S/C36H32BNO2S/c1-36(2,3)25-13-14-28-27(19-25)37-32-29(39-28)10-5-11-30(32)40-34-26-18-22(12-15-31(26)41-35(34)37)24-17-23-8-4-7-21-9-6-16-38(20-24)33(21)23/h4-5,7-8,10-15,18-19,24H,6,9,16-17,20H2,1-3H3. The molecule has 1 aromatic heterocycles. The van der Waals surface area contributed by atoms with Gasteiger partial charge in [-0.2, -0.15) is 0 Å². The van der Waals surface area contributed by atoms with Crippen LogP contribution in [0.25, 0.3) is 10.1 Å². The van der Waals surface area contributed by atoms with Crippen LogP contribution in [-0.4, -0.2) is 19.8 Å². The Hall–Kier alpha value is -3.70. The van der Waals surface area contributed by atoms with Crippen molar-refractivity contribution in [3.05, 3.63) is 95.1 Å². The molecule has 4 aromatic carbocycles. The molecule has 9 rings (SSSR count). The molecule has 0 N–H and O–H groups in total. The molecule has 0 saturated carbocycles. The van der Waals surface area contributed by atoms with Gasteiger partial charge in [0, 0.05) is 45.0 Å². The molecule has 202 valence electrons. The molecule has 0 aliphatic carbocycles. The van der Waals surface area contributed by atoms with Gasteiger partial charge in [0.1, 0.15) is 23.0 Å². The minimum absolute atomic E-state index is 0.0611. The lowest BCUT2D eigenvalue weighted by molar-refractivity contribution is 0.467. The summed E-state index contributed by atoms with van der Waals surface area (Å²) in [4.78, 5) is 2.65. The van der Waals surface area contributed by atoms with Gasteiger partial charge in [-0.25, -0.2) is 0 Å². The number of benzene rings is 4. The SMILES string of the molecule is CC(C)(C)c1ccc2c(c1)B1c3sc4ccc(C5Cc6cccc7c6N(CCC7)C5)cc4c3Oc3cccc(c31)O2. The predicted molar refractivity (Wildman–Crippen MR) is 172 cm³/mol. The Morgan fingerprint density at radius 1 is 0.878 bits per heavy atom. The highest BCUT2D eigenvalue weighted by Crippen LogP contribution is 2.44. The first-order valence-corrected chi connectivity index (χ1v) is 15.8. The second-order valence-corrected chi connectivity index (χ2v) is 14.3.